The van der Waals surface area contributed by atoms with Crippen molar-refractivity contribution in [2.45, 2.75) is 51.3 Å². The van der Waals surface area contributed by atoms with Gasteiger partial charge in [-0.3, -0.25) is 19.2 Å². The van der Waals surface area contributed by atoms with E-state index < -0.39 is 18.0 Å². The summed E-state index contributed by atoms with van der Waals surface area (Å²) in [4.78, 5) is 23.4. The molecule has 0 bridgehead atoms. The van der Waals surface area contributed by atoms with Gasteiger partial charge in [-0.2, -0.15) is 8.78 Å². The predicted molar refractivity (Wildman–Crippen MR) is 143 cm³/mol. The number of carbonyl (C=O) groups is 1. The van der Waals surface area contributed by atoms with Gasteiger partial charge in [-0.25, -0.2) is 9.37 Å². The summed E-state index contributed by atoms with van der Waals surface area (Å²) in [6, 6.07) is 8.93. The molecule has 2 aromatic carbocycles. The van der Waals surface area contributed by atoms with E-state index in [9.17, 15) is 13.6 Å². The van der Waals surface area contributed by atoms with Crippen LogP contribution in [0.25, 0.3) is 27.8 Å². The number of imidazole rings is 1. The maximum absolute atomic E-state index is 15.6. The molecule has 4 aromatic rings. The molecule has 204 valence electrons. The first kappa shape index (κ1) is 26.8. The molecule has 1 aliphatic carbocycles. The Balaban J connectivity index is 1.81. The second kappa shape index (κ2) is 10.1. The summed E-state index contributed by atoms with van der Waals surface area (Å²) in [6.07, 6.45) is 4.28. The van der Waals surface area contributed by atoms with E-state index in [1.807, 2.05) is 38.9 Å². The number of aldehydes is 1. The van der Waals surface area contributed by atoms with Crippen LogP contribution in [0.15, 0.2) is 42.6 Å². The van der Waals surface area contributed by atoms with E-state index in [4.69, 9.17) is 15.5 Å². The number of fused-ring (bicyclic) bond motifs is 2. The van der Waals surface area contributed by atoms with Crippen molar-refractivity contribution in [3.8, 4) is 22.6 Å². The molecule has 7 nitrogen and oxygen atoms in total. The number of nitrogens with two attached hydrogens (primary N) is 1. The molecule has 0 aliphatic heterocycles. The molecule has 10 heteroatoms. The van der Waals surface area contributed by atoms with Gasteiger partial charge >= 0.3 is 6.61 Å². The fourth-order valence-electron chi connectivity index (χ4n) is 5.52. The number of ether oxygens (including phenoxy) is 1. The number of rotatable bonds is 8. The first-order valence-electron chi connectivity index (χ1n) is 12.8. The summed E-state index contributed by atoms with van der Waals surface area (Å²) in [5.41, 5.74) is 9.44. The molecule has 2 heterocycles. The molecule has 0 saturated carbocycles. The largest absolute Gasteiger partial charge is 0.433 e. The van der Waals surface area contributed by atoms with E-state index in [0.29, 0.717) is 35.1 Å². The topological polar surface area (TPSA) is 86.3 Å². The minimum atomic E-state index is -3.11. The van der Waals surface area contributed by atoms with Crippen molar-refractivity contribution in [2.75, 3.05) is 14.1 Å². The van der Waals surface area contributed by atoms with Gasteiger partial charge in [0.1, 0.15) is 17.3 Å². The summed E-state index contributed by atoms with van der Waals surface area (Å²) >= 11 is 0. The van der Waals surface area contributed by atoms with Crippen LogP contribution in [-0.2, 0) is 12.0 Å². The lowest BCUT2D eigenvalue weighted by Gasteiger charge is -2.25. The van der Waals surface area contributed by atoms with Gasteiger partial charge in [-0.15, -0.1) is 0 Å². The lowest BCUT2D eigenvalue weighted by Crippen LogP contribution is -2.30. The lowest BCUT2D eigenvalue weighted by molar-refractivity contribution is -0.0498. The average Bonchev–Trinajstić information content (AvgIpc) is 3.38. The summed E-state index contributed by atoms with van der Waals surface area (Å²) in [6.45, 7) is 0.777. The van der Waals surface area contributed by atoms with Crippen LogP contribution in [0.1, 0.15) is 60.2 Å². The van der Waals surface area contributed by atoms with Crippen molar-refractivity contribution in [1.29, 1.82) is 0 Å². The van der Waals surface area contributed by atoms with Crippen molar-refractivity contribution >= 4 is 17.3 Å². The number of carbonyl (C=O) groups excluding carboxylic acids is 1. The maximum atomic E-state index is 15.6. The van der Waals surface area contributed by atoms with Crippen LogP contribution in [-0.4, -0.2) is 46.4 Å². The fourth-order valence-corrected chi connectivity index (χ4v) is 5.52. The zero-order valence-electron chi connectivity index (χ0n) is 22.2. The molecule has 1 aliphatic rings. The second-order valence-corrected chi connectivity index (χ2v) is 10.4. The van der Waals surface area contributed by atoms with E-state index in [-0.39, 0.29) is 28.6 Å². The monoisotopic (exact) mass is 537 g/mol. The van der Waals surface area contributed by atoms with Gasteiger partial charge in [-0.05, 0) is 70.1 Å². The number of benzene rings is 2. The third kappa shape index (κ3) is 4.68. The van der Waals surface area contributed by atoms with Crippen molar-refractivity contribution in [3.63, 3.8) is 0 Å². The van der Waals surface area contributed by atoms with Gasteiger partial charge in [0, 0.05) is 29.0 Å². The van der Waals surface area contributed by atoms with Gasteiger partial charge in [0.15, 0.2) is 12.0 Å². The molecular formula is C29H30F3N5O2. The number of halogens is 3. The van der Waals surface area contributed by atoms with Crippen LogP contribution < -0.4 is 10.5 Å². The number of aryl methyl sites for hydroxylation is 1. The van der Waals surface area contributed by atoms with Crippen LogP contribution in [0.3, 0.4) is 0 Å². The van der Waals surface area contributed by atoms with Crippen molar-refractivity contribution < 1.29 is 22.7 Å². The summed E-state index contributed by atoms with van der Waals surface area (Å²) in [5, 5.41) is 0. The fraction of sp³-hybridized carbons (Fsp3) is 0.345. The molecular weight excluding hydrogens is 507 g/mol. The quantitative estimate of drug-likeness (QED) is 0.287. The molecule has 0 radical (unpaired) electrons. The Hall–Kier alpha value is -3.76. The number of nitrogens with zero attached hydrogens (tertiary/aromatic N) is 4. The van der Waals surface area contributed by atoms with Crippen molar-refractivity contribution in [3.05, 3.63) is 71.1 Å². The lowest BCUT2D eigenvalue weighted by atomic mass is 9.99. The number of alkyl halides is 2. The zero-order chi connectivity index (χ0) is 28.1. The van der Waals surface area contributed by atoms with E-state index >= 15 is 4.39 Å². The average molecular weight is 538 g/mol. The van der Waals surface area contributed by atoms with Gasteiger partial charge < -0.3 is 10.5 Å². The molecule has 0 fully saturated rings. The summed E-state index contributed by atoms with van der Waals surface area (Å²) in [5.74, 6) is -0.218. The Bertz CT molecular complexity index is 1560. The normalized spacial score (nSPS) is 17.7. The van der Waals surface area contributed by atoms with Crippen LogP contribution in [0.4, 0.5) is 13.2 Å². The van der Waals surface area contributed by atoms with Gasteiger partial charge in [0.05, 0.1) is 28.3 Å². The highest BCUT2D eigenvalue weighted by atomic mass is 19.3. The molecule has 5 rings (SSSR count). The molecule has 39 heavy (non-hydrogen) atoms. The second-order valence-electron chi connectivity index (χ2n) is 10.4. The van der Waals surface area contributed by atoms with E-state index in [2.05, 4.69) is 4.98 Å². The highest BCUT2D eigenvalue weighted by Crippen LogP contribution is 2.39. The molecule has 0 amide bonds. The van der Waals surface area contributed by atoms with Crippen LogP contribution >= 0.6 is 0 Å². The smallest absolute Gasteiger partial charge is 0.387 e. The zero-order valence-corrected chi connectivity index (χ0v) is 22.2. The molecule has 2 unspecified atom stereocenters. The number of pyridine rings is 1. The number of para-hydroxylation sites is 1. The molecule has 2 aromatic heterocycles. The predicted octanol–water partition coefficient (Wildman–Crippen LogP) is 5.77. The SMILES string of the molecule is CCC(c1nc2cc(F)c(-c3cnc4c(c3)CCC4(C)N)cc2n1-c1c(C=O)cccc1OC(F)F)N(C)C. The standard InChI is InChI=1S/C29H30F3N5O2/c1-5-22(36(3)4)27-35-21-13-20(30)19(18-11-16-9-10-29(2,33)26(16)34-14-18)12-23(21)37(27)25-17(15-38)7-6-8-24(25)39-28(31)32/h6-8,11-15,22,28H,5,9-10,33H2,1-4H3. The third-order valence-electron chi connectivity index (χ3n) is 7.41. The van der Waals surface area contributed by atoms with E-state index in [1.165, 1.54) is 24.3 Å². The number of hydrogen-bond acceptors (Lipinski definition) is 6. The Morgan fingerprint density at radius 1 is 1.26 bits per heavy atom. The van der Waals surface area contributed by atoms with Gasteiger partial charge in [0.25, 0.3) is 0 Å². The van der Waals surface area contributed by atoms with Crippen molar-refractivity contribution in [1.82, 2.24) is 19.4 Å². The summed E-state index contributed by atoms with van der Waals surface area (Å²) < 4.78 is 49.0. The first-order valence-corrected chi connectivity index (χ1v) is 12.8. The minimum absolute atomic E-state index is 0.120. The molecule has 0 spiro atoms. The highest BCUT2D eigenvalue weighted by molar-refractivity contribution is 5.89. The highest BCUT2D eigenvalue weighted by Gasteiger charge is 2.32. The van der Waals surface area contributed by atoms with Crippen LogP contribution in [0.5, 0.6) is 5.75 Å². The van der Waals surface area contributed by atoms with E-state index in [0.717, 1.165) is 24.1 Å². The number of hydrogen-bond donors (Lipinski definition) is 1. The minimum Gasteiger partial charge on any atom is -0.433 e. The van der Waals surface area contributed by atoms with Gasteiger partial charge in [-0.1, -0.05) is 13.0 Å². The maximum Gasteiger partial charge on any atom is 0.387 e. The molecule has 0 saturated heterocycles. The van der Waals surface area contributed by atoms with Gasteiger partial charge in [0.2, 0.25) is 0 Å². The van der Waals surface area contributed by atoms with Crippen LogP contribution in [0, 0.1) is 5.82 Å². The Morgan fingerprint density at radius 2 is 2.03 bits per heavy atom. The van der Waals surface area contributed by atoms with Crippen LogP contribution in [0.2, 0.25) is 0 Å². The Labute approximate surface area is 224 Å². The first-order chi connectivity index (χ1) is 18.6. The molecule has 2 atom stereocenters. The molecule has 2 N–H and O–H groups in total. The van der Waals surface area contributed by atoms with Crippen molar-refractivity contribution in [2.24, 2.45) is 5.73 Å². The number of aromatic nitrogens is 3. The third-order valence-corrected chi connectivity index (χ3v) is 7.41. The summed E-state index contributed by atoms with van der Waals surface area (Å²) in [7, 11) is 3.74. The Kier molecular flexibility index (Phi) is 6.94. The Morgan fingerprint density at radius 3 is 2.69 bits per heavy atom. The van der Waals surface area contributed by atoms with E-state index in [1.54, 1.807) is 16.8 Å².